The summed E-state index contributed by atoms with van der Waals surface area (Å²) >= 11 is 0. The van der Waals surface area contributed by atoms with Gasteiger partial charge in [0.15, 0.2) is 5.76 Å². The van der Waals surface area contributed by atoms with Crippen molar-refractivity contribution in [2.45, 2.75) is 19.4 Å². The Morgan fingerprint density at radius 3 is 2.64 bits per heavy atom. The molecule has 0 saturated carbocycles. The smallest absolute Gasteiger partial charge is 0.291 e. The molecular formula is C23H25N3O2. The molecule has 0 aliphatic carbocycles. The Balaban J connectivity index is 1.41. The summed E-state index contributed by atoms with van der Waals surface area (Å²) in [4.78, 5) is 14.9. The van der Waals surface area contributed by atoms with E-state index >= 15 is 0 Å². The molecule has 28 heavy (non-hydrogen) atoms. The summed E-state index contributed by atoms with van der Waals surface area (Å²) in [6.07, 6.45) is 1.15. The molecular weight excluding hydrogens is 350 g/mol. The van der Waals surface area contributed by atoms with Gasteiger partial charge in [-0.3, -0.25) is 4.79 Å². The normalized spacial score (nSPS) is 16.4. The van der Waals surface area contributed by atoms with Crippen LogP contribution in [-0.4, -0.2) is 32.1 Å². The first-order valence-corrected chi connectivity index (χ1v) is 9.63. The molecule has 4 rings (SSSR count). The first-order valence-electron chi connectivity index (χ1n) is 9.63. The van der Waals surface area contributed by atoms with Gasteiger partial charge < -0.3 is 20.0 Å². The topological polar surface area (TPSA) is 57.5 Å². The van der Waals surface area contributed by atoms with Crippen molar-refractivity contribution in [1.29, 1.82) is 0 Å². The fourth-order valence-electron chi connectivity index (χ4n) is 3.59. The molecule has 0 radical (unpaired) electrons. The van der Waals surface area contributed by atoms with Crippen LogP contribution in [0.25, 0.3) is 11.3 Å². The van der Waals surface area contributed by atoms with E-state index in [0.717, 1.165) is 36.3 Å². The first-order chi connectivity index (χ1) is 13.6. The number of amides is 1. The molecule has 0 bridgehead atoms. The third-order valence-electron chi connectivity index (χ3n) is 5.22. The van der Waals surface area contributed by atoms with Gasteiger partial charge in [-0.15, -0.1) is 0 Å². The molecule has 1 atom stereocenters. The molecule has 1 amide bonds. The molecule has 2 heterocycles. The largest absolute Gasteiger partial charge is 0.451 e. The van der Waals surface area contributed by atoms with Gasteiger partial charge in [0.25, 0.3) is 5.91 Å². The van der Waals surface area contributed by atoms with Gasteiger partial charge >= 0.3 is 0 Å². The van der Waals surface area contributed by atoms with Crippen molar-refractivity contribution in [2.75, 3.05) is 30.4 Å². The maximum atomic E-state index is 12.5. The van der Waals surface area contributed by atoms with Crippen LogP contribution in [0.1, 0.15) is 22.5 Å². The monoisotopic (exact) mass is 375 g/mol. The van der Waals surface area contributed by atoms with Crippen LogP contribution in [0.5, 0.6) is 0 Å². The maximum Gasteiger partial charge on any atom is 0.291 e. The highest BCUT2D eigenvalue weighted by molar-refractivity contribution is 6.02. The quantitative estimate of drug-likeness (QED) is 0.698. The minimum Gasteiger partial charge on any atom is -0.451 e. The zero-order valence-corrected chi connectivity index (χ0v) is 16.2. The average molecular weight is 375 g/mol. The first kappa shape index (κ1) is 18.3. The van der Waals surface area contributed by atoms with E-state index in [0.29, 0.717) is 17.6 Å². The van der Waals surface area contributed by atoms with Gasteiger partial charge in [0.05, 0.1) is 0 Å². The number of hydrogen-bond donors (Lipinski definition) is 2. The zero-order valence-electron chi connectivity index (χ0n) is 16.2. The number of nitrogens with zero attached hydrogens (tertiary/aromatic N) is 1. The lowest BCUT2D eigenvalue weighted by Gasteiger charge is -2.19. The van der Waals surface area contributed by atoms with Gasteiger partial charge in [-0.1, -0.05) is 23.8 Å². The van der Waals surface area contributed by atoms with Gasteiger partial charge in [-0.2, -0.15) is 0 Å². The number of anilines is 2. The van der Waals surface area contributed by atoms with Crippen LogP contribution in [0, 0.1) is 6.92 Å². The number of likely N-dealkylation sites (N-methyl/N-ethyl adjacent to an activating group) is 1. The van der Waals surface area contributed by atoms with Crippen molar-refractivity contribution < 1.29 is 9.21 Å². The van der Waals surface area contributed by atoms with Crippen LogP contribution in [0.4, 0.5) is 11.4 Å². The number of rotatable bonds is 5. The summed E-state index contributed by atoms with van der Waals surface area (Å²) in [5.74, 6) is 0.748. The number of nitrogens with one attached hydrogen (secondary N) is 2. The van der Waals surface area contributed by atoms with Gasteiger partial charge in [-0.05, 0) is 62.9 Å². The molecule has 0 spiro atoms. The molecule has 144 valence electrons. The number of furan rings is 1. The molecule has 1 aliphatic heterocycles. The molecule has 1 saturated heterocycles. The molecule has 1 fully saturated rings. The SMILES string of the molecule is CNC1CCN(c2ccc(NC(=O)c3ccc(-c4cccc(C)c4)o3)cc2)C1. The van der Waals surface area contributed by atoms with E-state index in [9.17, 15) is 4.79 Å². The molecule has 5 nitrogen and oxygen atoms in total. The number of aryl methyl sites for hydroxylation is 1. The fraction of sp³-hybridized carbons (Fsp3) is 0.261. The number of hydrogen-bond acceptors (Lipinski definition) is 4. The van der Waals surface area contributed by atoms with Crippen LogP contribution in [0.15, 0.2) is 65.1 Å². The number of carbonyl (C=O) groups is 1. The van der Waals surface area contributed by atoms with E-state index in [1.54, 1.807) is 6.07 Å². The standard InChI is InChI=1S/C23H25N3O2/c1-16-4-3-5-17(14-16)21-10-11-22(28-21)23(27)25-18-6-8-20(9-7-18)26-13-12-19(15-26)24-2/h3-11,14,19,24H,12-13,15H2,1-2H3,(H,25,27). The van der Waals surface area contributed by atoms with Crippen LogP contribution >= 0.6 is 0 Å². The minimum absolute atomic E-state index is 0.247. The number of benzene rings is 2. The lowest BCUT2D eigenvalue weighted by atomic mass is 10.1. The third-order valence-corrected chi connectivity index (χ3v) is 5.22. The summed E-state index contributed by atoms with van der Waals surface area (Å²) in [7, 11) is 2.01. The lowest BCUT2D eigenvalue weighted by Crippen LogP contribution is -2.29. The Hall–Kier alpha value is -3.05. The molecule has 2 N–H and O–H groups in total. The Labute approximate surface area is 165 Å². The summed E-state index contributed by atoms with van der Waals surface area (Å²) in [6.45, 7) is 4.09. The summed E-state index contributed by atoms with van der Waals surface area (Å²) in [5, 5.41) is 6.24. The van der Waals surface area contributed by atoms with Crippen molar-refractivity contribution in [3.05, 3.63) is 72.0 Å². The molecule has 1 aromatic heterocycles. The van der Waals surface area contributed by atoms with Crippen molar-refractivity contribution in [3.63, 3.8) is 0 Å². The number of carbonyl (C=O) groups excluding carboxylic acids is 1. The predicted molar refractivity (Wildman–Crippen MR) is 113 cm³/mol. The van der Waals surface area contributed by atoms with E-state index in [2.05, 4.69) is 15.5 Å². The third kappa shape index (κ3) is 3.94. The summed E-state index contributed by atoms with van der Waals surface area (Å²) in [5.41, 5.74) is 4.05. The Morgan fingerprint density at radius 2 is 1.93 bits per heavy atom. The molecule has 1 aliphatic rings. The van der Waals surface area contributed by atoms with Gasteiger partial charge in [0.1, 0.15) is 5.76 Å². The van der Waals surface area contributed by atoms with Crippen molar-refractivity contribution in [2.24, 2.45) is 0 Å². The van der Waals surface area contributed by atoms with E-state index in [4.69, 9.17) is 4.42 Å². The van der Waals surface area contributed by atoms with E-state index in [-0.39, 0.29) is 5.91 Å². The molecule has 5 heteroatoms. The van der Waals surface area contributed by atoms with Gasteiger partial charge in [-0.25, -0.2) is 0 Å². The average Bonchev–Trinajstić information content (AvgIpc) is 3.38. The van der Waals surface area contributed by atoms with Crippen molar-refractivity contribution in [1.82, 2.24) is 5.32 Å². The second-order valence-electron chi connectivity index (χ2n) is 7.25. The highest BCUT2D eigenvalue weighted by Crippen LogP contribution is 2.25. The van der Waals surface area contributed by atoms with Crippen molar-refractivity contribution >= 4 is 17.3 Å². The second kappa shape index (κ2) is 7.90. The lowest BCUT2D eigenvalue weighted by molar-refractivity contribution is 0.0997. The molecule has 2 aromatic carbocycles. The highest BCUT2D eigenvalue weighted by atomic mass is 16.3. The second-order valence-corrected chi connectivity index (χ2v) is 7.25. The Bertz CT molecular complexity index is 962. The summed E-state index contributed by atoms with van der Waals surface area (Å²) < 4.78 is 5.76. The van der Waals surface area contributed by atoms with E-state index in [1.807, 2.05) is 68.6 Å². The highest BCUT2D eigenvalue weighted by Gasteiger charge is 2.21. The van der Waals surface area contributed by atoms with Crippen LogP contribution in [0.3, 0.4) is 0 Å². The summed E-state index contributed by atoms with van der Waals surface area (Å²) in [6, 6.07) is 20.1. The molecule has 3 aromatic rings. The van der Waals surface area contributed by atoms with Crippen LogP contribution in [-0.2, 0) is 0 Å². The Kier molecular flexibility index (Phi) is 5.17. The Morgan fingerprint density at radius 1 is 1.11 bits per heavy atom. The van der Waals surface area contributed by atoms with Crippen molar-refractivity contribution in [3.8, 4) is 11.3 Å². The van der Waals surface area contributed by atoms with E-state index in [1.165, 1.54) is 5.69 Å². The van der Waals surface area contributed by atoms with Crippen LogP contribution in [0.2, 0.25) is 0 Å². The predicted octanol–water partition coefficient (Wildman–Crippen LogP) is 4.31. The fourth-order valence-corrected chi connectivity index (χ4v) is 3.59. The van der Waals surface area contributed by atoms with Gasteiger partial charge in [0.2, 0.25) is 0 Å². The minimum atomic E-state index is -0.247. The zero-order chi connectivity index (χ0) is 19.5. The maximum absolute atomic E-state index is 12.5. The van der Waals surface area contributed by atoms with E-state index < -0.39 is 0 Å². The van der Waals surface area contributed by atoms with Crippen LogP contribution < -0.4 is 15.5 Å². The molecule has 1 unspecified atom stereocenters. The van der Waals surface area contributed by atoms with Gasteiger partial charge in [0, 0.05) is 36.1 Å².